The molecular formula is C19H30N9O3+. The number of nitrogens with zero attached hydrogens (tertiary/aromatic N) is 3. The number of nitrogens with one attached hydrogen (secondary N) is 6. The summed E-state index contributed by atoms with van der Waals surface area (Å²) >= 11 is 0. The number of anilines is 1. The van der Waals surface area contributed by atoms with E-state index in [0.29, 0.717) is 48.0 Å². The van der Waals surface area contributed by atoms with Gasteiger partial charge in [0, 0.05) is 23.2 Å². The molecule has 0 aliphatic carbocycles. The molecule has 0 bridgehead atoms. The highest BCUT2D eigenvalue weighted by molar-refractivity contribution is 5.98. The van der Waals surface area contributed by atoms with E-state index in [9.17, 15) is 14.4 Å². The number of carbonyl (C=O) groups is 2. The van der Waals surface area contributed by atoms with Crippen LogP contribution in [0, 0.1) is 6.92 Å². The summed E-state index contributed by atoms with van der Waals surface area (Å²) in [5.41, 5.74) is 1.58. The Hall–Kier alpha value is -3.67. The Bertz CT molecular complexity index is 963. The Morgan fingerprint density at radius 2 is 1.71 bits per heavy atom. The lowest BCUT2D eigenvalue weighted by Gasteiger charge is -2.30. The number of urea groups is 2. The average Bonchev–Trinajstić information content (AvgIpc) is 2.59. The third kappa shape index (κ3) is 8.70. The fourth-order valence-electron chi connectivity index (χ4n) is 2.73. The molecule has 6 N–H and O–H groups in total. The SMILES string of the molecule is C=C1C=C(C)N=C(NC(=O)NCC[N+](C)(C)CCNC(=O)Nc2nc(C)cc(=O)[nH]2)N1. The fourth-order valence-corrected chi connectivity index (χ4v) is 2.73. The van der Waals surface area contributed by atoms with Gasteiger partial charge >= 0.3 is 12.1 Å². The number of hydrogen-bond donors (Lipinski definition) is 6. The lowest BCUT2D eigenvalue weighted by atomic mass is 10.3. The van der Waals surface area contributed by atoms with E-state index >= 15 is 0 Å². The molecule has 0 fully saturated rings. The van der Waals surface area contributed by atoms with Gasteiger partial charge in [0.15, 0.2) is 0 Å². The van der Waals surface area contributed by atoms with Crippen LogP contribution in [-0.2, 0) is 0 Å². The van der Waals surface area contributed by atoms with E-state index in [4.69, 9.17) is 0 Å². The van der Waals surface area contributed by atoms with Crippen LogP contribution in [-0.4, -0.2) is 72.7 Å². The summed E-state index contributed by atoms with van der Waals surface area (Å²) in [6.07, 6.45) is 1.77. The van der Waals surface area contributed by atoms with Crippen LogP contribution in [0.1, 0.15) is 12.6 Å². The Morgan fingerprint density at radius 3 is 2.29 bits per heavy atom. The number of likely N-dealkylation sites (N-methyl/N-ethyl adjacent to an activating group) is 1. The van der Waals surface area contributed by atoms with Crippen molar-refractivity contribution in [3.8, 4) is 0 Å². The Kier molecular flexibility index (Phi) is 7.91. The highest BCUT2D eigenvalue weighted by atomic mass is 16.2. The molecule has 1 aliphatic rings. The highest BCUT2D eigenvalue weighted by Gasteiger charge is 2.16. The fraction of sp³-hybridized carbons (Fsp3) is 0.421. The van der Waals surface area contributed by atoms with E-state index in [1.54, 1.807) is 13.0 Å². The monoisotopic (exact) mass is 432 g/mol. The minimum Gasteiger partial charge on any atom is -0.332 e. The van der Waals surface area contributed by atoms with E-state index in [2.05, 4.69) is 48.1 Å². The predicted octanol–water partition coefficient (Wildman–Crippen LogP) is -0.0479. The topological polar surface area (TPSA) is 152 Å². The summed E-state index contributed by atoms with van der Waals surface area (Å²) in [5, 5.41) is 13.5. The Labute approximate surface area is 180 Å². The van der Waals surface area contributed by atoms with Crippen LogP contribution >= 0.6 is 0 Å². The smallest absolute Gasteiger partial charge is 0.321 e. The Morgan fingerprint density at radius 1 is 1.10 bits per heavy atom. The van der Waals surface area contributed by atoms with Crippen LogP contribution in [0.25, 0.3) is 0 Å². The second-order valence-electron chi connectivity index (χ2n) is 7.78. The number of aromatic amines is 1. The van der Waals surface area contributed by atoms with E-state index < -0.39 is 6.03 Å². The van der Waals surface area contributed by atoms with E-state index in [1.807, 2.05) is 21.0 Å². The second kappa shape index (κ2) is 10.4. The van der Waals surface area contributed by atoms with Crippen molar-refractivity contribution in [3.63, 3.8) is 0 Å². The number of aromatic nitrogens is 2. The molecule has 0 aromatic carbocycles. The molecule has 0 radical (unpaired) electrons. The summed E-state index contributed by atoms with van der Waals surface area (Å²) < 4.78 is 0.567. The first-order valence-electron chi connectivity index (χ1n) is 9.75. The number of hydrogen-bond acceptors (Lipinski definition) is 6. The maximum Gasteiger partial charge on any atom is 0.321 e. The van der Waals surface area contributed by atoms with Gasteiger partial charge < -0.3 is 20.4 Å². The van der Waals surface area contributed by atoms with E-state index in [0.717, 1.165) is 5.70 Å². The highest BCUT2D eigenvalue weighted by Crippen LogP contribution is 2.04. The normalized spacial score (nSPS) is 13.5. The molecular weight excluding hydrogens is 402 g/mol. The molecule has 12 heteroatoms. The van der Waals surface area contributed by atoms with E-state index in [-0.39, 0.29) is 17.5 Å². The maximum absolute atomic E-state index is 12.0. The number of aliphatic imine (C=N–C) groups is 1. The number of amides is 4. The molecule has 0 atom stereocenters. The molecule has 4 amide bonds. The molecule has 0 saturated carbocycles. The number of quaternary nitrogens is 1. The molecule has 1 aromatic rings. The zero-order valence-electron chi connectivity index (χ0n) is 18.3. The molecule has 0 saturated heterocycles. The number of rotatable bonds is 7. The summed E-state index contributed by atoms with van der Waals surface area (Å²) in [5.74, 6) is 0.425. The first-order valence-corrected chi connectivity index (χ1v) is 9.75. The molecule has 31 heavy (non-hydrogen) atoms. The zero-order valence-corrected chi connectivity index (χ0v) is 18.3. The third-order valence-corrected chi connectivity index (χ3v) is 4.29. The lowest BCUT2D eigenvalue weighted by Crippen LogP contribution is -2.52. The van der Waals surface area contributed by atoms with Crippen LogP contribution in [0.4, 0.5) is 15.5 Å². The molecule has 2 rings (SSSR count). The molecule has 168 valence electrons. The molecule has 12 nitrogen and oxygen atoms in total. The van der Waals surface area contributed by atoms with Crippen LogP contribution in [0.15, 0.2) is 39.9 Å². The predicted molar refractivity (Wildman–Crippen MR) is 118 cm³/mol. The van der Waals surface area contributed by atoms with Crippen molar-refractivity contribution in [2.75, 3.05) is 45.6 Å². The van der Waals surface area contributed by atoms with Gasteiger partial charge in [-0.15, -0.1) is 0 Å². The van der Waals surface area contributed by atoms with Gasteiger partial charge in [0.2, 0.25) is 11.9 Å². The van der Waals surface area contributed by atoms with Crippen molar-refractivity contribution < 1.29 is 14.1 Å². The number of carbonyl (C=O) groups excluding carboxylic acids is 2. The molecule has 1 aromatic heterocycles. The lowest BCUT2D eigenvalue weighted by molar-refractivity contribution is -0.887. The van der Waals surface area contributed by atoms with Crippen molar-refractivity contribution in [2.24, 2.45) is 4.99 Å². The average molecular weight is 433 g/mol. The van der Waals surface area contributed by atoms with Gasteiger partial charge in [-0.3, -0.25) is 20.4 Å². The van der Waals surface area contributed by atoms with Gasteiger partial charge in [0.25, 0.3) is 5.56 Å². The summed E-state index contributed by atoms with van der Waals surface area (Å²) in [7, 11) is 3.98. The van der Waals surface area contributed by atoms with E-state index in [1.165, 1.54) is 6.07 Å². The van der Waals surface area contributed by atoms with Gasteiger partial charge in [0.1, 0.15) is 0 Å². The summed E-state index contributed by atoms with van der Waals surface area (Å²) in [4.78, 5) is 46.1. The van der Waals surface area contributed by atoms with Crippen LogP contribution in [0.5, 0.6) is 0 Å². The Balaban J connectivity index is 1.67. The number of aryl methyl sites for hydroxylation is 1. The van der Waals surface area contributed by atoms with Crippen molar-refractivity contribution in [2.45, 2.75) is 13.8 Å². The number of guanidine groups is 1. The minimum atomic E-state index is -0.460. The molecule has 2 heterocycles. The van der Waals surface area contributed by atoms with Crippen molar-refractivity contribution in [1.29, 1.82) is 0 Å². The quantitative estimate of drug-likeness (QED) is 0.334. The minimum absolute atomic E-state index is 0.0952. The second-order valence-corrected chi connectivity index (χ2v) is 7.78. The molecule has 0 unspecified atom stereocenters. The number of H-pyrrole nitrogens is 1. The van der Waals surface area contributed by atoms with Gasteiger partial charge in [0.05, 0.1) is 40.3 Å². The summed E-state index contributed by atoms with van der Waals surface area (Å²) in [6.45, 7) is 9.39. The van der Waals surface area contributed by atoms with Crippen molar-refractivity contribution in [3.05, 3.63) is 46.2 Å². The van der Waals surface area contributed by atoms with Crippen molar-refractivity contribution >= 4 is 24.0 Å². The first kappa shape index (κ1) is 23.6. The maximum atomic E-state index is 12.0. The standard InChI is InChI=1S/C19H29N9O3/c1-12-10-13(2)23-16(22-12)26-18(30)20-6-8-28(4,5)9-7-21-19(31)27-17-24-14(3)11-15(29)25-17/h10-11H,1,6-9H2,2-5H3,(H5-,20,21,22,23,24,25,26,27,29,30,31)/p+1. The van der Waals surface area contributed by atoms with Crippen LogP contribution in [0.3, 0.4) is 0 Å². The van der Waals surface area contributed by atoms with Crippen LogP contribution in [0.2, 0.25) is 0 Å². The third-order valence-electron chi connectivity index (χ3n) is 4.29. The summed E-state index contributed by atoms with van der Waals surface area (Å²) in [6, 6.07) is 0.509. The van der Waals surface area contributed by atoms with Crippen molar-refractivity contribution in [1.82, 2.24) is 31.2 Å². The largest absolute Gasteiger partial charge is 0.332 e. The van der Waals surface area contributed by atoms with Gasteiger partial charge in [-0.1, -0.05) is 6.58 Å². The molecule has 1 aliphatic heterocycles. The first-order chi connectivity index (χ1) is 14.5. The number of allylic oxidation sites excluding steroid dienone is 2. The molecule has 0 spiro atoms. The zero-order chi connectivity index (χ0) is 23.0. The van der Waals surface area contributed by atoms with Gasteiger partial charge in [-0.2, -0.15) is 0 Å². The van der Waals surface area contributed by atoms with Gasteiger partial charge in [-0.25, -0.2) is 19.6 Å². The van der Waals surface area contributed by atoms with Gasteiger partial charge in [-0.05, 0) is 19.9 Å². The van der Waals surface area contributed by atoms with Crippen LogP contribution < -0.4 is 32.1 Å².